The average Bonchev–Trinajstić information content (AvgIpc) is 3.16. The summed E-state index contributed by atoms with van der Waals surface area (Å²) in [5, 5.41) is 50.7. The van der Waals surface area contributed by atoms with E-state index in [0.29, 0.717) is 29.4 Å². The van der Waals surface area contributed by atoms with Gasteiger partial charge in [0.25, 0.3) is 0 Å². The Labute approximate surface area is 337 Å². The quantitative estimate of drug-likeness (QED) is 0.239. The number of rotatable bonds is 7. The van der Waals surface area contributed by atoms with Crippen LogP contribution < -0.4 is 15.0 Å². The van der Waals surface area contributed by atoms with E-state index in [-0.39, 0.29) is 24.8 Å². The zero-order valence-electron chi connectivity index (χ0n) is 34.5. The molecule has 4 rings (SSSR count). The second kappa shape index (κ2) is 19.2. The Balaban J connectivity index is 1.75. The van der Waals surface area contributed by atoms with Gasteiger partial charge in [-0.15, -0.1) is 0 Å². The number of para-hydroxylation sites is 1. The molecular weight excluding hydrogens is 742 g/mol. The third kappa shape index (κ3) is 10.7. The largest absolute Gasteiger partial charge is 0.483 e. The van der Waals surface area contributed by atoms with Crippen molar-refractivity contribution in [2.75, 3.05) is 25.5 Å². The summed E-state index contributed by atoms with van der Waals surface area (Å²) >= 11 is 6.21. The smallest absolute Gasteiger partial charge is 0.324 e. The summed E-state index contributed by atoms with van der Waals surface area (Å²) in [7, 11) is 3.40. The van der Waals surface area contributed by atoms with E-state index in [9.17, 15) is 30.0 Å². The van der Waals surface area contributed by atoms with E-state index in [1.54, 1.807) is 75.9 Å². The lowest BCUT2D eigenvalue weighted by Gasteiger charge is -2.48. The Bertz CT molecular complexity index is 1570. The van der Waals surface area contributed by atoms with Crippen LogP contribution in [-0.2, 0) is 19.0 Å². The monoisotopic (exact) mass is 805 g/mol. The molecule has 5 N–H and O–H groups in total. The predicted octanol–water partition coefficient (Wildman–Crippen LogP) is 5.00. The Morgan fingerprint density at radius 1 is 1.00 bits per heavy atom. The number of halogens is 1. The summed E-state index contributed by atoms with van der Waals surface area (Å²) in [5.74, 6) is -2.53. The molecule has 2 heterocycles. The highest BCUT2D eigenvalue weighted by Crippen LogP contribution is 2.37. The van der Waals surface area contributed by atoms with Crippen molar-refractivity contribution in [1.29, 1.82) is 0 Å². The lowest BCUT2D eigenvalue weighted by atomic mass is 9.78. The number of urea groups is 1. The molecule has 0 saturated carbocycles. The first kappa shape index (κ1) is 45.7. The number of aliphatic hydroxyl groups excluding tert-OH is 2. The molecule has 2 aliphatic rings. The SMILES string of the molecule is CC[C@H]1OC(=O)[C@H](C)[C@@H](O)[C@H](C)[C@@H](O[C@@H]2O[C@H](C)C[C@H](N(C)C(=O)N(C)c3ccccc3)[C@H]2Oc2ccc(Cl)cc2)[C@](C)(O)C[C@@H](C)CN[C@H](C)[C@@H](O)[C@]1(C)O. The molecule has 2 aliphatic heterocycles. The van der Waals surface area contributed by atoms with Crippen LogP contribution in [0.2, 0.25) is 5.02 Å². The van der Waals surface area contributed by atoms with Crippen molar-refractivity contribution in [2.24, 2.45) is 17.8 Å². The summed E-state index contributed by atoms with van der Waals surface area (Å²) in [6.45, 7) is 13.9. The van der Waals surface area contributed by atoms with Crippen molar-refractivity contribution in [3.63, 3.8) is 0 Å². The third-order valence-corrected chi connectivity index (χ3v) is 11.9. The molecule has 0 unspecified atom stereocenters. The highest BCUT2D eigenvalue weighted by molar-refractivity contribution is 6.30. The van der Waals surface area contributed by atoms with Gasteiger partial charge in [0.05, 0.1) is 35.9 Å². The first-order valence-corrected chi connectivity index (χ1v) is 20.1. The van der Waals surface area contributed by atoms with Gasteiger partial charge in [-0.3, -0.25) is 9.69 Å². The molecule has 13 nitrogen and oxygen atoms in total. The molecular formula is C42H64ClN3O10. The van der Waals surface area contributed by atoms with Crippen LogP contribution in [0.5, 0.6) is 5.75 Å². The molecule has 314 valence electrons. The van der Waals surface area contributed by atoms with Crippen molar-refractivity contribution >= 4 is 29.3 Å². The number of nitrogens with one attached hydrogen (secondary N) is 1. The highest BCUT2D eigenvalue weighted by Gasteiger charge is 2.51. The summed E-state index contributed by atoms with van der Waals surface area (Å²) < 4.78 is 25.7. The summed E-state index contributed by atoms with van der Waals surface area (Å²) in [5.41, 5.74) is -2.72. The van der Waals surface area contributed by atoms with Gasteiger partial charge in [-0.25, -0.2) is 4.79 Å². The van der Waals surface area contributed by atoms with Crippen molar-refractivity contribution in [3.05, 3.63) is 59.6 Å². The maximum Gasteiger partial charge on any atom is 0.324 e. The number of hydrogen-bond acceptors (Lipinski definition) is 11. The third-order valence-electron chi connectivity index (χ3n) is 11.6. The van der Waals surface area contributed by atoms with Gasteiger partial charge in [0, 0.05) is 36.8 Å². The van der Waals surface area contributed by atoms with Gasteiger partial charge in [0.2, 0.25) is 0 Å². The molecule has 0 radical (unpaired) electrons. The van der Waals surface area contributed by atoms with Crippen molar-refractivity contribution < 1.29 is 49.0 Å². The minimum atomic E-state index is -1.80. The van der Waals surface area contributed by atoms with Crippen LogP contribution in [0.15, 0.2) is 54.6 Å². The maximum atomic E-state index is 14.1. The number of carbonyl (C=O) groups excluding carboxylic acids is 2. The molecule has 0 aliphatic carbocycles. The number of amides is 2. The maximum absolute atomic E-state index is 14.1. The molecule has 56 heavy (non-hydrogen) atoms. The lowest BCUT2D eigenvalue weighted by Crippen LogP contribution is -2.62. The second-order valence-electron chi connectivity index (χ2n) is 16.5. The van der Waals surface area contributed by atoms with Gasteiger partial charge in [0.1, 0.15) is 23.6 Å². The number of aliphatic hydroxyl groups is 4. The summed E-state index contributed by atoms with van der Waals surface area (Å²) in [4.78, 5) is 30.8. The fourth-order valence-corrected chi connectivity index (χ4v) is 8.28. The van der Waals surface area contributed by atoms with Gasteiger partial charge in [-0.2, -0.15) is 0 Å². The van der Waals surface area contributed by atoms with Crippen LogP contribution in [0.3, 0.4) is 0 Å². The van der Waals surface area contributed by atoms with Crippen molar-refractivity contribution in [2.45, 2.75) is 141 Å². The fourth-order valence-electron chi connectivity index (χ4n) is 8.16. The van der Waals surface area contributed by atoms with E-state index in [4.69, 9.17) is 30.5 Å². The molecule has 0 spiro atoms. The molecule has 2 saturated heterocycles. The number of cyclic esters (lactones) is 1. The molecule has 2 amide bonds. The Kier molecular flexibility index (Phi) is 15.6. The number of likely N-dealkylation sites (N-methyl/N-ethyl adjacent to an activating group) is 1. The Hall–Kier alpha value is -3.01. The van der Waals surface area contributed by atoms with Crippen LogP contribution in [0.4, 0.5) is 10.5 Å². The van der Waals surface area contributed by atoms with Gasteiger partial charge in [-0.1, -0.05) is 50.6 Å². The number of carbonyl (C=O) groups is 2. The molecule has 0 bridgehead atoms. The molecule has 0 aromatic heterocycles. The van der Waals surface area contributed by atoms with Crippen LogP contribution in [0.25, 0.3) is 0 Å². The number of benzene rings is 2. The standard InChI is InChI=1S/C42H64ClN3O10/c1-11-33-42(8,52)36(48)28(6)44-23-24(2)22-41(7,51)37(26(4)34(47)27(5)38(49)55-33)56-39-35(54-31-19-17-29(43)18-20-31)32(21-25(3)53-39)46(10)40(50)45(9)30-15-13-12-14-16-30/h12-20,24-28,32-37,39,44,47-48,51-52H,11,21-23H2,1-10H3/t24-,25-,26+,27-,28-,32+,33-,34+,35-,36-,37-,39+,41-,42-/m1/s1. The van der Waals surface area contributed by atoms with Gasteiger partial charge in [-0.05, 0) is 103 Å². The Morgan fingerprint density at radius 2 is 1.62 bits per heavy atom. The second-order valence-corrected chi connectivity index (χ2v) is 16.9. The number of hydrogen-bond donors (Lipinski definition) is 5. The average molecular weight is 806 g/mol. The molecule has 14 atom stereocenters. The van der Waals surface area contributed by atoms with E-state index in [0.717, 1.165) is 0 Å². The Morgan fingerprint density at radius 3 is 2.23 bits per heavy atom. The van der Waals surface area contributed by atoms with Crippen LogP contribution in [-0.4, -0.2) is 124 Å². The first-order valence-electron chi connectivity index (χ1n) is 19.7. The molecule has 2 fully saturated rings. The van der Waals surface area contributed by atoms with E-state index < -0.39 is 84.0 Å². The summed E-state index contributed by atoms with van der Waals surface area (Å²) in [6, 6.07) is 14.6. The zero-order valence-corrected chi connectivity index (χ0v) is 35.2. The van der Waals surface area contributed by atoms with Gasteiger partial charge >= 0.3 is 12.0 Å². The number of ether oxygens (including phenoxy) is 4. The van der Waals surface area contributed by atoms with Crippen molar-refractivity contribution in [1.82, 2.24) is 10.2 Å². The van der Waals surface area contributed by atoms with Gasteiger partial charge < -0.3 is 49.6 Å². The number of esters is 1. The van der Waals surface area contributed by atoms with Crippen LogP contribution in [0, 0.1) is 17.8 Å². The zero-order chi connectivity index (χ0) is 41.7. The number of nitrogens with zero attached hydrogens (tertiary/aromatic N) is 2. The van der Waals surface area contributed by atoms with Crippen LogP contribution in [0.1, 0.15) is 74.7 Å². The van der Waals surface area contributed by atoms with E-state index in [1.807, 2.05) is 44.2 Å². The lowest BCUT2D eigenvalue weighted by molar-refractivity contribution is -0.293. The normalized spacial score (nSPS) is 37.7. The fraction of sp³-hybridized carbons (Fsp3) is 0.667. The molecule has 14 heteroatoms. The first-order chi connectivity index (χ1) is 26.2. The minimum absolute atomic E-state index is 0.173. The van der Waals surface area contributed by atoms with E-state index in [1.165, 1.54) is 13.8 Å². The summed E-state index contributed by atoms with van der Waals surface area (Å²) in [6.07, 6.45) is -6.67. The topological polar surface area (TPSA) is 170 Å². The molecule has 2 aromatic rings. The molecule has 2 aromatic carbocycles. The van der Waals surface area contributed by atoms with Crippen LogP contribution >= 0.6 is 11.6 Å². The highest BCUT2D eigenvalue weighted by atomic mass is 35.5. The minimum Gasteiger partial charge on any atom is -0.483 e. The number of anilines is 1. The van der Waals surface area contributed by atoms with E-state index in [2.05, 4.69) is 5.32 Å². The van der Waals surface area contributed by atoms with Crippen molar-refractivity contribution in [3.8, 4) is 5.75 Å². The predicted molar refractivity (Wildman–Crippen MR) is 214 cm³/mol. The van der Waals surface area contributed by atoms with Gasteiger partial charge in [0.15, 0.2) is 12.4 Å². The van der Waals surface area contributed by atoms with E-state index >= 15 is 0 Å².